The SMILES string of the molecule is Cc1cc(N)ccc1C(=O)OCc1ncnn1C. The Labute approximate surface area is 104 Å². The van der Waals surface area contributed by atoms with Gasteiger partial charge in [-0.2, -0.15) is 5.10 Å². The molecule has 2 aromatic rings. The molecule has 0 spiro atoms. The normalized spacial score (nSPS) is 10.3. The standard InChI is InChI=1S/C12H14N4O2/c1-8-5-9(13)3-4-10(8)12(17)18-6-11-14-7-15-16(11)2/h3-5,7H,6,13H2,1-2H3. The fourth-order valence-corrected chi connectivity index (χ4v) is 1.57. The Morgan fingerprint density at radius 1 is 1.50 bits per heavy atom. The fourth-order valence-electron chi connectivity index (χ4n) is 1.57. The lowest BCUT2D eigenvalue weighted by Gasteiger charge is -2.07. The Kier molecular flexibility index (Phi) is 3.27. The topological polar surface area (TPSA) is 83.0 Å². The van der Waals surface area contributed by atoms with Crippen molar-refractivity contribution >= 4 is 11.7 Å². The van der Waals surface area contributed by atoms with E-state index in [-0.39, 0.29) is 6.61 Å². The second-order valence-electron chi connectivity index (χ2n) is 3.95. The minimum absolute atomic E-state index is 0.0964. The first-order valence-electron chi connectivity index (χ1n) is 5.44. The van der Waals surface area contributed by atoms with Crippen molar-refractivity contribution in [2.75, 3.05) is 5.73 Å². The summed E-state index contributed by atoms with van der Waals surface area (Å²) in [7, 11) is 1.74. The Hall–Kier alpha value is -2.37. The molecule has 1 aromatic heterocycles. The third-order valence-electron chi connectivity index (χ3n) is 2.61. The van der Waals surface area contributed by atoms with Crippen molar-refractivity contribution < 1.29 is 9.53 Å². The van der Waals surface area contributed by atoms with E-state index in [1.807, 2.05) is 6.92 Å². The van der Waals surface area contributed by atoms with E-state index >= 15 is 0 Å². The minimum atomic E-state index is -0.393. The molecule has 0 atom stereocenters. The summed E-state index contributed by atoms with van der Waals surface area (Å²) in [5.74, 6) is 0.201. The van der Waals surface area contributed by atoms with Crippen LogP contribution in [0.2, 0.25) is 0 Å². The van der Waals surface area contributed by atoms with E-state index in [1.54, 1.807) is 29.9 Å². The predicted octanol–water partition coefficient (Wildman–Crippen LogP) is 1.06. The van der Waals surface area contributed by atoms with Crippen molar-refractivity contribution in [3.8, 4) is 0 Å². The van der Waals surface area contributed by atoms with Gasteiger partial charge in [0.15, 0.2) is 12.4 Å². The van der Waals surface area contributed by atoms with Gasteiger partial charge in [-0.15, -0.1) is 0 Å². The number of carbonyl (C=O) groups is 1. The van der Waals surface area contributed by atoms with Gasteiger partial charge in [0.1, 0.15) is 6.33 Å². The van der Waals surface area contributed by atoms with Crippen LogP contribution < -0.4 is 5.73 Å². The first kappa shape index (κ1) is 12.1. The van der Waals surface area contributed by atoms with Gasteiger partial charge in [-0.25, -0.2) is 9.78 Å². The second-order valence-corrected chi connectivity index (χ2v) is 3.95. The third-order valence-corrected chi connectivity index (χ3v) is 2.61. The molecular formula is C12H14N4O2. The zero-order chi connectivity index (χ0) is 13.1. The largest absolute Gasteiger partial charge is 0.454 e. The number of benzene rings is 1. The van der Waals surface area contributed by atoms with Crippen molar-refractivity contribution in [2.45, 2.75) is 13.5 Å². The molecule has 94 valence electrons. The average molecular weight is 246 g/mol. The molecule has 0 saturated heterocycles. The zero-order valence-corrected chi connectivity index (χ0v) is 10.3. The zero-order valence-electron chi connectivity index (χ0n) is 10.3. The quantitative estimate of drug-likeness (QED) is 0.646. The lowest BCUT2D eigenvalue weighted by molar-refractivity contribution is 0.0457. The van der Waals surface area contributed by atoms with Crippen molar-refractivity contribution in [2.24, 2.45) is 7.05 Å². The highest BCUT2D eigenvalue weighted by Crippen LogP contribution is 2.14. The summed E-state index contributed by atoms with van der Waals surface area (Å²) in [5.41, 5.74) is 7.54. The molecule has 1 heterocycles. The summed E-state index contributed by atoms with van der Waals surface area (Å²) < 4.78 is 6.73. The molecule has 0 fully saturated rings. The Balaban J connectivity index is 2.06. The highest BCUT2D eigenvalue weighted by atomic mass is 16.5. The van der Waals surface area contributed by atoms with Gasteiger partial charge >= 0.3 is 5.97 Å². The number of aryl methyl sites for hydroxylation is 2. The maximum Gasteiger partial charge on any atom is 0.338 e. The number of esters is 1. The minimum Gasteiger partial charge on any atom is -0.454 e. The Bertz CT molecular complexity index is 577. The number of hydrogen-bond donors (Lipinski definition) is 1. The van der Waals surface area contributed by atoms with Crippen LogP contribution in [0.3, 0.4) is 0 Å². The summed E-state index contributed by atoms with van der Waals surface area (Å²) in [4.78, 5) is 15.8. The number of ether oxygens (including phenoxy) is 1. The van der Waals surface area contributed by atoms with Gasteiger partial charge < -0.3 is 10.5 Å². The van der Waals surface area contributed by atoms with Gasteiger partial charge in [-0.05, 0) is 30.7 Å². The highest BCUT2D eigenvalue weighted by Gasteiger charge is 2.12. The van der Waals surface area contributed by atoms with E-state index in [0.29, 0.717) is 17.1 Å². The number of anilines is 1. The van der Waals surface area contributed by atoms with Crippen LogP contribution in [0, 0.1) is 6.92 Å². The van der Waals surface area contributed by atoms with Gasteiger partial charge in [0.25, 0.3) is 0 Å². The molecule has 0 aliphatic rings. The lowest BCUT2D eigenvalue weighted by atomic mass is 10.1. The number of rotatable bonds is 3. The fraction of sp³-hybridized carbons (Fsp3) is 0.250. The van der Waals surface area contributed by atoms with Gasteiger partial charge in [0.05, 0.1) is 5.56 Å². The molecule has 18 heavy (non-hydrogen) atoms. The predicted molar refractivity (Wildman–Crippen MR) is 65.7 cm³/mol. The van der Waals surface area contributed by atoms with E-state index in [0.717, 1.165) is 5.56 Å². The molecule has 0 radical (unpaired) electrons. The Morgan fingerprint density at radius 3 is 2.89 bits per heavy atom. The molecular weight excluding hydrogens is 232 g/mol. The molecule has 0 unspecified atom stereocenters. The number of nitrogens with two attached hydrogens (primary N) is 1. The van der Waals surface area contributed by atoms with E-state index in [9.17, 15) is 4.79 Å². The Morgan fingerprint density at radius 2 is 2.28 bits per heavy atom. The summed E-state index contributed by atoms with van der Waals surface area (Å²) in [6.07, 6.45) is 1.41. The molecule has 0 bridgehead atoms. The van der Waals surface area contributed by atoms with E-state index in [2.05, 4.69) is 10.1 Å². The highest BCUT2D eigenvalue weighted by molar-refractivity contribution is 5.91. The van der Waals surface area contributed by atoms with Crippen LogP contribution in [-0.4, -0.2) is 20.7 Å². The van der Waals surface area contributed by atoms with Gasteiger partial charge in [0.2, 0.25) is 0 Å². The average Bonchev–Trinajstić information content (AvgIpc) is 2.72. The first-order chi connectivity index (χ1) is 8.58. The molecule has 1 aromatic carbocycles. The summed E-state index contributed by atoms with van der Waals surface area (Å²) in [6, 6.07) is 5.06. The number of nitrogen functional groups attached to an aromatic ring is 1. The van der Waals surface area contributed by atoms with Crippen LogP contribution in [0.4, 0.5) is 5.69 Å². The molecule has 0 aliphatic heterocycles. The summed E-state index contributed by atoms with van der Waals surface area (Å²) in [5, 5.41) is 3.89. The van der Waals surface area contributed by atoms with Crippen LogP contribution in [0.15, 0.2) is 24.5 Å². The molecule has 0 amide bonds. The first-order valence-corrected chi connectivity index (χ1v) is 5.44. The van der Waals surface area contributed by atoms with Crippen LogP contribution in [0.5, 0.6) is 0 Å². The van der Waals surface area contributed by atoms with Crippen LogP contribution in [0.1, 0.15) is 21.7 Å². The van der Waals surface area contributed by atoms with Gasteiger partial charge in [-0.3, -0.25) is 4.68 Å². The van der Waals surface area contributed by atoms with E-state index in [4.69, 9.17) is 10.5 Å². The van der Waals surface area contributed by atoms with Crippen LogP contribution >= 0.6 is 0 Å². The molecule has 0 saturated carbocycles. The molecule has 0 aliphatic carbocycles. The maximum absolute atomic E-state index is 11.9. The van der Waals surface area contributed by atoms with Crippen LogP contribution in [-0.2, 0) is 18.4 Å². The molecule has 6 nitrogen and oxygen atoms in total. The second kappa shape index (κ2) is 4.87. The number of carbonyl (C=O) groups excluding carboxylic acids is 1. The van der Waals surface area contributed by atoms with E-state index < -0.39 is 5.97 Å². The van der Waals surface area contributed by atoms with Crippen molar-refractivity contribution in [3.05, 3.63) is 41.5 Å². The van der Waals surface area contributed by atoms with Gasteiger partial charge in [-0.1, -0.05) is 0 Å². The van der Waals surface area contributed by atoms with Gasteiger partial charge in [0, 0.05) is 12.7 Å². The number of nitrogens with zero attached hydrogens (tertiary/aromatic N) is 3. The van der Waals surface area contributed by atoms with Crippen molar-refractivity contribution in [1.82, 2.24) is 14.8 Å². The van der Waals surface area contributed by atoms with Crippen molar-refractivity contribution in [3.63, 3.8) is 0 Å². The van der Waals surface area contributed by atoms with Crippen molar-refractivity contribution in [1.29, 1.82) is 0 Å². The summed E-state index contributed by atoms with van der Waals surface area (Å²) >= 11 is 0. The third kappa shape index (κ3) is 2.48. The maximum atomic E-state index is 11.9. The monoisotopic (exact) mass is 246 g/mol. The molecule has 2 rings (SSSR count). The smallest absolute Gasteiger partial charge is 0.338 e. The number of aromatic nitrogens is 3. The van der Waals surface area contributed by atoms with Crippen LogP contribution in [0.25, 0.3) is 0 Å². The number of hydrogen-bond acceptors (Lipinski definition) is 5. The molecule has 6 heteroatoms. The molecule has 2 N–H and O–H groups in total. The lowest BCUT2D eigenvalue weighted by Crippen LogP contribution is -2.10. The van der Waals surface area contributed by atoms with E-state index in [1.165, 1.54) is 6.33 Å². The summed E-state index contributed by atoms with van der Waals surface area (Å²) in [6.45, 7) is 1.91.